The van der Waals surface area contributed by atoms with Crippen molar-refractivity contribution in [3.8, 4) is 5.88 Å². The summed E-state index contributed by atoms with van der Waals surface area (Å²) in [5, 5.41) is 3.23. The van der Waals surface area contributed by atoms with E-state index in [2.05, 4.69) is 24.1 Å². The quantitative estimate of drug-likeness (QED) is 0.409. The van der Waals surface area contributed by atoms with Crippen LogP contribution in [0.4, 0.5) is 5.82 Å². The van der Waals surface area contributed by atoms with Crippen molar-refractivity contribution in [1.29, 1.82) is 0 Å². The fourth-order valence-corrected chi connectivity index (χ4v) is 1.14. The number of unbranched alkanes of at least 4 members (excludes halogenated alkanes) is 1. The van der Waals surface area contributed by atoms with Crippen molar-refractivity contribution >= 4 is 5.82 Å². The molecule has 15 heavy (non-hydrogen) atoms. The minimum atomic E-state index is 0. The van der Waals surface area contributed by atoms with Gasteiger partial charge in [0, 0.05) is 6.54 Å². The minimum Gasteiger partial charge on any atom is -0.537 e. The Hall–Kier alpha value is -0.380. The SMILES string of the molecule is [CH2-]c1ccc(NCCCC)nc1OC.[Na+]. The fourth-order valence-electron chi connectivity index (χ4n) is 1.14. The van der Waals surface area contributed by atoms with E-state index < -0.39 is 0 Å². The predicted molar refractivity (Wildman–Crippen MR) is 58.6 cm³/mol. The third-order valence-corrected chi connectivity index (χ3v) is 1.97. The van der Waals surface area contributed by atoms with E-state index in [-0.39, 0.29) is 29.6 Å². The van der Waals surface area contributed by atoms with Gasteiger partial charge in [0.15, 0.2) is 0 Å². The number of hydrogen-bond donors (Lipinski definition) is 1. The van der Waals surface area contributed by atoms with Gasteiger partial charge in [-0.1, -0.05) is 19.4 Å². The molecule has 0 bridgehead atoms. The van der Waals surface area contributed by atoms with E-state index >= 15 is 0 Å². The average molecular weight is 216 g/mol. The molecule has 0 fully saturated rings. The molecule has 1 heterocycles. The third-order valence-electron chi connectivity index (χ3n) is 1.97. The summed E-state index contributed by atoms with van der Waals surface area (Å²) in [7, 11) is 1.60. The van der Waals surface area contributed by atoms with E-state index in [0.717, 1.165) is 24.3 Å². The summed E-state index contributed by atoms with van der Waals surface area (Å²) in [5.74, 6) is 1.44. The molecule has 0 unspecified atom stereocenters. The van der Waals surface area contributed by atoms with Crippen LogP contribution in [-0.4, -0.2) is 18.6 Å². The Morgan fingerprint density at radius 3 is 2.80 bits per heavy atom. The molecule has 0 amide bonds. The van der Waals surface area contributed by atoms with Crippen molar-refractivity contribution in [3.63, 3.8) is 0 Å². The number of pyridine rings is 1. The second-order valence-corrected chi connectivity index (χ2v) is 3.15. The predicted octanol–water partition coefficient (Wildman–Crippen LogP) is -0.512. The van der Waals surface area contributed by atoms with Crippen LogP contribution in [0, 0.1) is 6.92 Å². The van der Waals surface area contributed by atoms with Crippen LogP contribution in [0.2, 0.25) is 0 Å². The molecule has 1 aromatic heterocycles. The second kappa shape index (κ2) is 7.85. The molecule has 1 rings (SSSR count). The van der Waals surface area contributed by atoms with Crippen molar-refractivity contribution < 1.29 is 34.3 Å². The monoisotopic (exact) mass is 216 g/mol. The summed E-state index contributed by atoms with van der Waals surface area (Å²) < 4.78 is 5.08. The van der Waals surface area contributed by atoms with E-state index in [9.17, 15) is 0 Å². The molecule has 0 radical (unpaired) electrons. The van der Waals surface area contributed by atoms with Crippen molar-refractivity contribution in [2.45, 2.75) is 19.8 Å². The summed E-state index contributed by atoms with van der Waals surface area (Å²) in [6.45, 7) is 6.92. The van der Waals surface area contributed by atoms with Crippen molar-refractivity contribution in [2.24, 2.45) is 0 Å². The zero-order chi connectivity index (χ0) is 10.4. The van der Waals surface area contributed by atoms with Crippen molar-refractivity contribution in [3.05, 3.63) is 24.6 Å². The van der Waals surface area contributed by atoms with Gasteiger partial charge >= 0.3 is 29.6 Å². The van der Waals surface area contributed by atoms with Crippen LogP contribution in [0.15, 0.2) is 12.1 Å². The molecule has 0 atom stereocenters. The first-order valence-corrected chi connectivity index (χ1v) is 4.88. The zero-order valence-corrected chi connectivity index (χ0v) is 11.8. The van der Waals surface area contributed by atoms with Gasteiger partial charge in [0.25, 0.3) is 0 Å². The molecule has 0 aliphatic heterocycles. The van der Waals surface area contributed by atoms with Crippen LogP contribution in [0.1, 0.15) is 25.3 Å². The molecule has 0 aliphatic carbocycles. The van der Waals surface area contributed by atoms with Crippen LogP contribution in [0.25, 0.3) is 0 Å². The maximum atomic E-state index is 5.08. The van der Waals surface area contributed by atoms with Gasteiger partial charge in [-0.05, 0) is 6.42 Å². The van der Waals surface area contributed by atoms with Gasteiger partial charge in [-0.3, -0.25) is 4.98 Å². The maximum Gasteiger partial charge on any atom is 1.00 e. The largest absolute Gasteiger partial charge is 1.00 e. The topological polar surface area (TPSA) is 34.2 Å². The number of anilines is 1. The normalized spacial score (nSPS) is 9.20. The van der Waals surface area contributed by atoms with Crippen LogP contribution in [-0.2, 0) is 0 Å². The number of aromatic nitrogens is 1. The Balaban J connectivity index is 0.00000196. The zero-order valence-electron chi connectivity index (χ0n) is 9.84. The number of ether oxygens (including phenoxy) is 1. The molecule has 4 heteroatoms. The summed E-state index contributed by atoms with van der Waals surface area (Å²) in [6.07, 6.45) is 2.33. The van der Waals surface area contributed by atoms with Crippen molar-refractivity contribution in [1.82, 2.24) is 4.98 Å². The minimum absolute atomic E-state index is 0. The second-order valence-electron chi connectivity index (χ2n) is 3.15. The fraction of sp³-hybridized carbons (Fsp3) is 0.455. The average Bonchev–Trinajstić information content (AvgIpc) is 2.21. The molecular formula is C11H17N2NaO. The number of nitrogens with one attached hydrogen (secondary N) is 1. The van der Waals surface area contributed by atoms with Gasteiger partial charge in [0.1, 0.15) is 11.7 Å². The van der Waals surface area contributed by atoms with Crippen LogP contribution >= 0.6 is 0 Å². The Morgan fingerprint density at radius 2 is 2.20 bits per heavy atom. The summed E-state index contributed by atoms with van der Waals surface area (Å²) in [5.41, 5.74) is 0.813. The first kappa shape index (κ1) is 14.6. The Bertz CT molecular complexity index is 292. The Morgan fingerprint density at radius 1 is 1.47 bits per heavy atom. The van der Waals surface area contributed by atoms with E-state index in [4.69, 9.17) is 4.74 Å². The molecule has 0 spiro atoms. The molecule has 0 aliphatic rings. The number of methoxy groups -OCH3 is 1. The van der Waals surface area contributed by atoms with Crippen LogP contribution in [0.5, 0.6) is 5.88 Å². The van der Waals surface area contributed by atoms with Gasteiger partial charge in [0.2, 0.25) is 0 Å². The molecule has 3 nitrogen and oxygen atoms in total. The van der Waals surface area contributed by atoms with Gasteiger partial charge in [-0.25, -0.2) is 0 Å². The first-order chi connectivity index (χ1) is 6.77. The van der Waals surface area contributed by atoms with Gasteiger partial charge in [0.05, 0.1) is 7.11 Å². The molecule has 78 valence electrons. The first-order valence-electron chi connectivity index (χ1n) is 4.88. The number of rotatable bonds is 5. The van der Waals surface area contributed by atoms with E-state index in [0.29, 0.717) is 5.88 Å². The molecule has 1 N–H and O–H groups in total. The van der Waals surface area contributed by atoms with E-state index in [1.807, 2.05) is 12.1 Å². The van der Waals surface area contributed by atoms with Crippen LogP contribution in [0.3, 0.4) is 0 Å². The van der Waals surface area contributed by atoms with Crippen molar-refractivity contribution in [2.75, 3.05) is 19.0 Å². The molecule has 1 aromatic rings. The van der Waals surface area contributed by atoms with Gasteiger partial charge in [-0.15, -0.1) is 5.56 Å². The van der Waals surface area contributed by atoms with Gasteiger partial charge in [-0.2, -0.15) is 13.0 Å². The molecule has 0 saturated carbocycles. The molecular weight excluding hydrogens is 199 g/mol. The van der Waals surface area contributed by atoms with E-state index in [1.54, 1.807) is 7.11 Å². The van der Waals surface area contributed by atoms with Crippen LogP contribution < -0.4 is 39.6 Å². The molecule has 0 aromatic carbocycles. The van der Waals surface area contributed by atoms with Gasteiger partial charge < -0.3 is 10.1 Å². The summed E-state index contributed by atoms with van der Waals surface area (Å²) in [6, 6.07) is 3.82. The standard InChI is InChI=1S/C11H17N2O.Na/c1-4-5-8-12-10-7-6-9(2)11(13-10)14-3;/h6-7H,2,4-5,8H2,1,3H3,(H,12,13);/q-1;+1. The summed E-state index contributed by atoms with van der Waals surface area (Å²) >= 11 is 0. The number of hydrogen-bond acceptors (Lipinski definition) is 3. The third kappa shape index (κ3) is 4.78. The molecule has 0 saturated heterocycles. The van der Waals surface area contributed by atoms with E-state index in [1.165, 1.54) is 6.42 Å². The Labute approximate surface area is 114 Å². The number of nitrogens with zero attached hydrogens (tertiary/aromatic N) is 1. The maximum absolute atomic E-state index is 5.08. The summed E-state index contributed by atoms with van der Waals surface area (Å²) in [4.78, 5) is 4.27. The Kier molecular flexibility index (Phi) is 7.65. The smallest absolute Gasteiger partial charge is 0.537 e.